The van der Waals surface area contributed by atoms with E-state index in [1.165, 1.54) is 15.3 Å². The molecule has 1 fully saturated rings. The van der Waals surface area contributed by atoms with Crippen molar-refractivity contribution >= 4 is 34.0 Å². The van der Waals surface area contributed by atoms with Gasteiger partial charge in [-0.05, 0) is 66.9 Å². The number of aromatic nitrogens is 1. The van der Waals surface area contributed by atoms with Crippen LogP contribution in [0.25, 0.3) is 10.9 Å². The summed E-state index contributed by atoms with van der Waals surface area (Å²) < 4.78 is 14.8. The van der Waals surface area contributed by atoms with Crippen molar-refractivity contribution in [2.24, 2.45) is 7.05 Å². The van der Waals surface area contributed by atoms with Crippen molar-refractivity contribution in [2.75, 3.05) is 6.61 Å². The molecule has 0 spiro atoms. The number of aryl methyl sites for hydroxylation is 1. The lowest BCUT2D eigenvalue weighted by atomic mass is 10.0. The number of thioether (sulfide) groups is 1. The van der Waals surface area contributed by atoms with Gasteiger partial charge in [0, 0.05) is 18.9 Å². The zero-order valence-corrected chi connectivity index (χ0v) is 17.6. The fraction of sp³-hybridized carbons (Fsp3) is 0.381. The van der Waals surface area contributed by atoms with Crippen molar-refractivity contribution in [2.45, 2.75) is 42.1 Å². The maximum Gasteiger partial charge on any atom is 0.250 e. The zero-order chi connectivity index (χ0) is 19.2. The smallest absolute Gasteiger partial charge is 0.250 e. The summed E-state index contributed by atoms with van der Waals surface area (Å²) in [7, 11) is 1.81. The summed E-state index contributed by atoms with van der Waals surface area (Å²) in [5.74, 6) is 0.355. The second-order valence-corrected chi connectivity index (χ2v) is 9.78. The van der Waals surface area contributed by atoms with Crippen molar-refractivity contribution in [3.05, 3.63) is 63.3 Å². The number of thiophene rings is 1. The molecule has 1 saturated heterocycles. The highest BCUT2D eigenvalue weighted by Crippen LogP contribution is 2.42. The van der Waals surface area contributed by atoms with Gasteiger partial charge < -0.3 is 14.0 Å². The van der Waals surface area contributed by atoms with E-state index in [0.29, 0.717) is 6.61 Å². The van der Waals surface area contributed by atoms with Crippen LogP contribution in [0.4, 0.5) is 0 Å². The van der Waals surface area contributed by atoms with Crippen LogP contribution in [-0.2, 0) is 27.9 Å². The molecule has 2 aromatic heterocycles. The maximum atomic E-state index is 11.7. The molecule has 6 heteroatoms. The van der Waals surface area contributed by atoms with Crippen LogP contribution in [0.2, 0.25) is 0 Å². The Balaban J connectivity index is 1.48. The van der Waals surface area contributed by atoms with E-state index < -0.39 is 5.79 Å². The van der Waals surface area contributed by atoms with Crippen LogP contribution < -0.4 is 5.56 Å². The van der Waals surface area contributed by atoms with Crippen LogP contribution in [0.15, 0.2) is 50.8 Å². The van der Waals surface area contributed by atoms with Gasteiger partial charge in [-0.1, -0.05) is 6.07 Å². The van der Waals surface area contributed by atoms with E-state index in [0.717, 1.165) is 16.7 Å². The van der Waals surface area contributed by atoms with Crippen LogP contribution in [-0.4, -0.2) is 17.0 Å². The predicted molar refractivity (Wildman–Crippen MR) is 112 cm³/mol. The highest BCUT2D eigenvalue weighted by Gasteiger charge is 2.43. The van der Waals surface area contributed by atoms with Crippen LogP contribution >= 0.6 is 23.1 Å². The molecular weight excluding hydrogens is 378 g/mol. The number of rotatable bonds is 4. The van der Waals surface area contributed by atoms with Crippen LogP contribution in [0.3, 0.4) is 0 Å². The molecular formula is C21H23NO3S2. The van der Waals surface area contributed by atoms with Gasteiger partial charge in [-0.25, -0.2) is 0 Å². The van der Waals surface area contributed by atoms with Crippen LogP contribution in [0, 0.1) is 0 Å². The molecule has 3 heterocycles. The van der Waals surface area contributed by atoms with Gasteiger partial charge in [0.15, 0.2) is 5.79 Å². The van der Waals surface area contributed by atoms with Gasteiger partial charge in [-0.15, -0.1) is 23.1 Å². The molecule has 1 atom stereocenters. The molecule has 3 aromatic rings. The normalized spacial score (nSPS) is 21.8. The first-order valence-electron chi connectivity index (χ1n) is 8.90. The summed E-state index contributed by atoms with van der Waals surface area (Å²) >= 11 is 3.57. The van der Waals surface area contributed by atoms with Gasteiger partial charge in [-0.2, -0.15) is 0 Å². The molecule has 0 saturated carbocycles. The van der Waals surface area contributed by atoms with Crippen molar-refractivity contribution in [3.8, 4) is 0 Å². The largest absolute Gasteiger partial charge is 0.347 e. The molecule has 0 N–H and O–H groups in total. The molecule has 1 aliphatic heterocycles. The Morgan fingerprint density at radius 3 is 2.74 bits per heavy atom. The molecule has 0 aliphatic carbocycles. The molecule has 0 radical (unpaired) electrons. The summed E-state index contributed by atoms with van der Waals surface area (Å²) in [6, 6.07) is 12.0. The summed E-state index contributed by atoms with van der Waals surface area (Å²) in [6.45, 7) is 6.57. The molecule has 1 aliphatic rings. The van der Waals surface area contributed by atoms with E-state index in [4.69, 9.17) is 9.47 Å². The summed E-state index contributed by atoms with van der Waals surface area (Å²) in [6.07, 6.45) is 0. The first-order valence-corrected chi connectivity index (χ1v) is 10.8. The number of hydrogen-bond acceptors (Lipinski definition) is 5. The monoisotopic (exact) mass is 401 g/mol. The molecule has 1 aromatic carbocycles. The molecule has 0 amide bonds. The number of benzene rings is 1. The number of nitrogens with zero attached hydrogens (tertiary/aromatic N) is 1. The first kappa shape index (κ1) is 18.7. The number of pyridine rings is 1. The lowest BCUT2D eigenvalue weighted by Crippen LogP contribution is -2.27. The van der Waals surface area contributed by atoms with Gasteiger partial charge in [0.25, 0.3) is 5.56 Å². The van der Waals surface area contributed by atoms with Crippen molar-refractivity contribution in [1.29, 1.82) is 0 Å². The molecule has 142 valence electrons. The van der Waals surface area contributed by atoms with E-state index >= 15 is 0 Å². The second-order valence-electron chi connectivity index (χ2n) is 7.59. The van der Waals surface area contributed by atoms with E-state index in [1.807, 2.05) is 44.8 Å². The molecule has 4 nitrogen and oxygen atoms in total. The summed E-state index contributed by atoms with van der Waals surface area (Å²) in [4.78, 5) is 11.7. The van der Waals surface area contributed by atoms with Gasteiger partial charge in [0.2, 0.25) is 0 Å². The third-order valence-electron chi connectivity index (χ3n) is 4.92. The maximum absolute atomic E-state index is 11.7. The SMILES string of the molecule is Cn1c(=O)ccc2cc(CSc3cc(C4(C)COC(C)(C)O4)cs3)ccc21. The van der Waals surface area contributed by atoms with E-state index in [1.54, 1.807) is 22.0 Å². The van der Waals surface area contributed by atoms with Crippen LogP contribution in [0.1, 0.15) is 31.9 Å². The Morgan fingerprint density at radius 2 is 2.00 bits per heavy atom. The quantitative estimate of drug-likeness (QED) is 0.584. The molecule has 4 rings (SSSR count). The highest BCUT2D eigenvalue weighted by molar-refractivity contribution is 8.00. The Kier molecular flexibility index (Phi) is 4.71. The first-order chi connectivity index (χ1) is 12.8. The standard InChI is InChI=1S/C21H23NO3S2/c1-20(2)24-13-21(3,25-20)16-10-19(27-12-16)26-11-14-5-7-17-15(9-14)6-8-18(23)22(17)4/h5-10,12H,11,13H2,1-4H3. The van der Waals surface area contributed by atoms with E-state index in [-0.39, 0.29) is 11.2 Å². The van der Waals surface area contributed by atoms with E-state index in [2.05, 4.69) is 30.5 Å². The van der Waals surface area contributed by atoms with Gasteiger partial charge in [0.05, 0.1) is 16.3 Å². The Bertz CT molecular complexity index is 1050. The van der Waals surface area contributed by atoms with Crippen molar-refractivity contribution in [1.82, 2.24) is 4.57 Å². The number of ether oxygens (including phenoxy) is 2. The zero-order valence-electron chi connectivity index (χ0n) is 15.9. The fourth-order valence-corrected chi connectivity index (χ4v) is 5.45. The van der Waals surface area contributed by atoms with Crippen molar-refractivity contribution in [3.63, 3.8) is 0 Å². The number of fused-ring (bicyclic) bond motifs is 1. The third-order valence-corrected chi connectivity index (χ3v) is 7.17. The minimum Gasteiger partial charge on any atom is -0.347 e. The van der Waals surface area contributed by atoms with Crippen LogP contribution in [0.5, 0.6) is 0 Å². The van der Waals surface area contributed by atoms with Gasteiger partial charge in [-0.3, -0.25) is 4.79 Å². The molecule has 27 heavy (non-hydrogen) atoms. The van der Waals surface area contributed by atoms with Gasteiger partial charge >= 0.3 is 0 Å². The Hall–Kier alpha value is -1.60. The summed E-state index contributed by atoms with van der Waals surface area (Å²) in [5.41, 5.74) is 3.02. The van der Waals surface area contributed by atoms with Gasteiger partial charge in [0.1, 0.15) is 5.60 Å². The average molecular weight is 402 g/mol. The predicted octanol–water partition coefficient (Wildman–Crippen LogP) is 4.89. The third kappa shape index (κ3) is 3.72. The highest BCUT2D eigenvalue weighted by atomic mass is 32.2. The Labute approximate surface area is 167 Å². The topological polar surface area (TPSA) is 40.5 Å². The second kappa shape index (κ2) is 6.78. The minimum absolute atomic E-state index is 0.0190. The number of hydrogen-bond donors (Lipinski definition) is 0. The lowest BCUT2D eigenvalue weighted by molar-refractivity contribution is -0.159. The molecule has 1 unspecified atom stereocenters. The summed E-state index contributed by atoms with van der Waals surface area (Å²) in [5, 5.41) is 3.26. The average Bonchev–Trinajstić information content (AvgIpc) is 3.21. The lowest BCUT2D eigenvalue weighted by Gasteiger charge is -2.24. The molecule has 0 bridgehead atoms. The fourth-order valence-electron chi connectivity index (χ4n) is 3.40. The minimum atomic E-state index is -0.533. The van der Waals surface area contributed by atoms with Crippen molar-refractivity contribution < 1.29 is 9.47 Å². The van der Waals surface area contributed by atoms with E-state index in [9.17, 15) is 4.79 Å². The Morgan fingerprint density at radius 1 is 1.19 bits per heavy atom.